The predicted octanol–water partition coefficient (Wildman–Crippen LogP) is 6.87. The maximum absolute atomic E-state index is 10.5. The largest absolute Gasteiger partial charge is 0.203 e. The van der Waals surface area contributed by atoms with Crippen molar-refractivity contribution in [3.63, 3.8) is 0 Å². The van der Waals surface area contributed by atoms with Gasteiger partial charge in [0, 0.05) is 20.4 Å². The fraction of sp³-hybridized carbons (Fsp3) is 0.455. The Hall–Kier alpha value is -2.50. The van der Waals surface area contributed by atoms with E-state index in [1.54, 1.807) is 0 Å². The maximum atomic E-state index is 10.5. The average molecular weight is 519 g/mol. The van der Waals surface area contributed by atoms with E-state index in [1.807, 2.05) is 48.5 Å². The first-order valence-corrected chi connectivity index (χ1v) is 10.3. The van der Waals surface area contributed by atoms with E-state index in [4.69, 9.17) is 0 Å². The zero-order valence-corrected chi connectivity index (χ0v) is 20.2. The molecule has 0 bridgehead atoms. The van der Waals surface area contributed by atoms with Crippen LogP contribution in [0.1, 0.15) is 50.7 Å². The van der Waals surface area contributed by atoms with Crippen LogP contribution in [0, 0.1) is 9.81 Å². The Morgan fingerprint density at radius 1 is 0.645 bits per heavy atom. The van der Waals surface area contributed by atoms with Crippen molar-refractivity contribution in [3.8, 4) is 0 Å². The van der Waals surface area contributed by atoms with Gasteiger partial charge in [-0.15, -0.1) is 0 Å². The minimum Gasteiger partial charge on any atom is -0.0654 e. The van der Waals surface area contributed by atoms with Gasteiger partial charge in [-0.2, -0.15) is 0 Å². The van der Waals surface area contributed by atoms with Gasteiger partial charge in [0.1, 0.15) is 14.1 Å². The normalized spacial score (nSPS) is 10.5. The predicted molar refractivity (Wildman–Crippen MR) is 118 cm³/mol. The van der Waals surface area contributed by atoms with Crippen molar-refractivity contribution in [1.82, 2.24) is 0 Å². The molecule has 0 fully saturated rings. The molecule has 0 aliphatic heterocycles. The Bertz CT molecular complexity index is 765. The second kappa shape index (κ2) is 17.2. The summed E-state index contributed by atoms with van der Waals surface area (Å²) in [6, 6.07) is 15.6. The fourth-order valence-corrected chi connectivity index (χ4v) is 2.45. The van der Waals surface area contributed by atoms with Crippen LogP contribution in [0.3, 0.4) is 0 Å². The fourth-order valence-electron chi connectivity index (χ4n) is 2.45. The second-order valence-electron chi connectivity index (χ2n) is 6.85. The van der Waals surface area contributed by atoms with Gasteiger partial charge in [-0.05, 0) is 70.9 Å². The monoisotopic (exact) mass is 518 g/mol. The van der Waals surface area contributed by atoms with Gasteiger partial charge in [0.2, 0.25) is 11.4 Å². The van der Waals surface area contributed by atoms with Crippen molar-refractivity contribution in [1.29, 1.82) is 0 Å². The van der Waals surface area contributed by atoms with Gasteiger partial charge in [-0.1, -0.05) is 51.0 Å². The van der Waals surface area contributed by atoms with Crippen LogP contribution >= 0.6 is 0 Å². The van der Waals surface area contributed by atoms with Crippen molar-refractivity contribution < 1.29 is 30.2 Å². The topological polar surface area (TPSA) is 89.6 Å². The smallest absolute Gasteiger partial charge is 0.0654 e. The summed E-state index contributed by atoms with van der Waals surface area (Å²) in [6.45, 7) is 4.35. The summed E-state index contributed by atoms with van der Waals surface area (Å²) in [5, 5.41) is 14.3. The molecule has 2 aromatic rings. The summed E-state index contributed by atoms with van der Waals surface area (Å²) in [5.41, 5.74) is 4.01. The molecule has 8 nitrogen and oxygen atoms in total. The van der Waals surface area contributed by atoms with Gasteiger partial charge >= 0.3 is 0 Å². The summed E-state index contributed by atoms with van der Waals surface area (Å²) in [7, 11) is 2.61. The van der Waals surface area contributed by atoms with Crippen LogP contribution in [0.2, 0.25) is 0 Å². The molecule has 2 rings (SSSR count). The van der Waals surface area contributed by atoms with Gasteiger partial charge in [0.25, 0.3) is 0 Å². The summed E-state index contributed by atoms with van der Waals surface area (Å²) >= 11 is 0. The molecule has 0 saturated heterocycles. The van der Waals surface area contributed by atoms with Gasteiger partial charge in [0.05, 0.1) is 20.0 Å². The number of hydrogen-bond donors (Lipinski definition) is 0. The maximum Gasteiger partial charge on any atom is 0.203 e. The zero-order valence-electron chi connectivity index (χ0n) is 18.7. The van der Waals surface area contributed by atoms with E-state index in [2.05, 4.69) is 34.5 Å². The van der Waals surface area contributed by atoms with Gasteiger partial charge < -0.3 is 0 Å². The third kappa shape index (κ3) is 14.2. The Morgan fingerprint density at radius 2 is 0.968 bits per heavy atom. The Morgan fingerprint density at radius 3 is 1.23 bits per heavy atom. The number of rotatable bonds is 10. The van der Waals surface area contributed by atoms with E-state index in [0.717, 1.165) is 12.8 Å². The summed E-state index contributed by atoms with van der Waals surface area (Å²) in [5.74, 6) is 0. The summed E-state index contributed by atoms with van der Waals surface area (Å²) in [4.78, 5) is 21.8. The van der Waals surface area contributed by atoms with Crippen LogP contribution in [0.4, 0.5) is 11.4 Å². The molecule has 0 atom stereocenters. The number of benzene rings is 2. The molecule has 0 radical (unpaired) electrons. The molecule has 2 aromatic carbocycles. The molecule has 0 amide bonds. The molecule has 0 saturated carbocycles. The molecular formula is C22H32N6O2Pd+2. The first kappa shape index (κ1) is 28.5. The molecule has 0 aromatic heterocycles. The quantitative estimate of drug-likeness (QED) is 0.149. The van der Waals surface area contributed by atoms with Crippen molar-refractivity contribution in [2.24, 2.45) is 20.7 Å². The van der Waals surface area contributed by atoms with Crippen molar-refractivity contribution in [2.45, 2.75) is 52.4 Å². The summed E-state index contributed by atoms with van der Waals surface area (Å²) in [6.07, 6.45) is 6.98. The summed E-state index contributed by atoms with van der Waals surface area (Å²) < 4.78 is 0. The molecule has 170 valence electrons. The van der Waals surface area contributed by atoms with Crippen molar-refractivity contribution in [2.75, 3.05) is 14.1 Å². The van der Waals surface area contributed by atoms with E-state index in [9.17, 15) is 9.81 Å². The van der Waals surface area contributed by atoms with E-state index in [0.29, 0.717) is 21.1 Å². The molecule has 0 unspecified atom stereocenters. The van der Waals surface area contributed by atoms with Crippen LogP contribution in [-0.4, -0.2) is 23.8 Å². The van der Waals surface area contributed by atoms with Crippen LogP contribution in [0.15, 0.2) is 69.2 Å². The first-order chi connectivity index (χ1) is 14.4. The number of unbranched alkanes of at least 4 members (excludes halogenated alkanes) is 2. The standard InChI is InChI=1S/2C11H16N3O.Pd/c2*1-3-4-5-10-6-8-11(9-7-10)12-13-14(2)15;/h2*6-9H,3-5H2,1-2H3;/q2*+1;. The molecule has 0 N–H and O–H groups in total. The van der Waals surface area contributed by atoms with Crippen molar-refractivity contribution in [3.05, 3.63) is 69.5 Å². The Kier molecular flexibility index (Phi) is 15.8. The Labute approximate surface area is 198 Å². The number of nitrogens with zero attached hydrogens (tertiary/aromatic N) is 6. The van der Waals surface area contributed by atoms with Gasteiger partial charge in [-0.25, -0.2) is 0 Å². The van der Waals surface area contributed by atoms with Crippen LogP contribution in [0.25, 0.3) is 0 Å². The minimum atomic E-state index is 0. The molecule has 0 aliphatic carbocycles. The van der Waals surface area contributed by atoms with E-state index >= 15 is 0 Å². The van der Waals surface area contributed by atoms with Crippen LogP contribution in [0.5, 0.6) is 0 Å². The van der Waals surface area contributed by atoms with E-state index in [1.165, 1.54) is 50.9 Å². The number of aryl methyl sites for hydroxylation is 2. The Balaban J connectivity index is 0.000000562. The number of hydrogen-bond acceptors (Lipinski definition) is 4. The number of nitroso groups, excluding NO2 is 2. The van der Waals surface area contributed by atoms with E-state index in [-0.39, 0.29) is 20.4 Å². The average Bonchev–Trinajstić information content (AvgIpc) is 2.75. The third-order valence-corrected chi connectivity index (χ3v) is 4.08. The molecule has 9 heteroatoms. The SMILES string of the molecule is CCCCc1ccc(N=N[N+](C)=O)cc1.CCCCc1ccc(N=N[N+](C)=O)cc1.[Pd]. The van der Waals surface area contributed by atoms with Gasteiger partial charge in [-0.3, -0.25) is 0 Å². The van der Waals surface area contributed by atoms with Crippen molar-refractivity contribution >= 4 is 11.4 Å². The van der Waals surface area contributed by atoms with E-state index < -0.39 is 0 Å². The molecule has 0 heterocycles. The first-order valence-electron chi connectivity index (χ1n) is 10.3. The van der Waals surface area contributed by atoms with Gasteiger partial charge in [0.15, 0.2) is 10.4 Å². The molecule has 0 spiro atoms. The third-order valence-electron chi connectivity index (χ3n) is 4.08. The molecule has 31 heavy (non-hydrogen) atoms. The van der Waals surface area contributed by atoms with Crippen LogP contribution < -0.4 is 0 Å². The second-order valence-corrected chi connectivity index (χ2v) is 6.85. The molecular weight excluding hydrogens is 487 g/mol. The zero-order chi connectivity index (χ0) is 22.2. The minimum absolute atomic E-state index is 0. The van der Waals surface area contributed by atoms with Crippen LogP contribution in [-0.2, 0) is 33.3 Å². The molecule has 0 aliphatic rings.